The van der Waals surface area contributed by atoms with Crippen LogP contribution in [0.5, 0.6) is 11.5 Å². The molecule has 34 heavy (non-hydrogen) atoms. The Bertz CT molecular complexity index is 1240. The second-order valence-corrected chi connectivity index (χ2v) is 7.77. The summed E-state index contributed by atoms with van der Waals surface area (Å²) in [6.45, 7) is 6.57. The highest BCUT2D eigenvalue weighted by atomic mass is 16.5. The van der Waals surface area contributed by atoms with Gasteiger partial charge in [0.25, 0.3) is 5.91 Å². The number of hydrogen-bond donors (Lipinski definition) is 1. The Balaban J connectivity index is 1.64. The summed E-state index contributed by atoms with van der Waals surface area (Å²) in [6.07, 6.45) is 2.36. The maximum Gasteiger partial charge on any atom is 0.354 e. The molecule has 172 valence electrons. The molecular formula is C28H26N2O4. The molecule has 0 aliphatic rings. The minimum Gasteiger partial charge on any atom is -0.494 e. The Morgan fingerprint density at radius 1 is 0.971 bits per heavy atom. The summed E-state index contributed by atoms with van der Waals surface area (Å²) in [5.74, 6) is -0.0885. The molecule has 6 nitrogen and oxygen atoms in total. The number of anilines is 1. The van der Waals surface area contributed by atoms with Gasteiger partial charge in [0, 0.05) is 11.3 Å². The van der Waals surface area contributed by atoms with Crippen LogP contribution in [0.25, 0.3) is 6.08 Å². The van der Waals surface area contributed by atoms with E-state index in [1.165, 1.54) is 18.2 Å². The van der Waals surface area contributed by atoms with Gasteiger partial charge in [-0.3, -0.25) is 4.79 Å². The van der Waals surface area contributed by atoms with Crippen molar-refractivity contribution in [1.82, 2.24) is 0 Å². The van der Waals surface area contributed by atoms with Gasteiger partial charge in [0.15, 0.2) is 0 Å². The number of carbonyl (C=O) groups is 2. The number of hydrogen-bond acceptors (Lipinski definition) is 5. The minimum atomic E-state index is -0.777. The fraction of sp³-hybridized carbons (Fsp3) is 0.179. The Kier molecular flexibility index (Phi) is 8.20. The van der Waals surface area contributed by atoms with Crippen LogP contribution in [0.2, 0.25) is 0 Å². The quantitative estimate of drug-likeness (QED) is 0.199. The van der Waals surface area contributed by atoms with Crippen molar-refractivity contribution >= 4 is 23.6 Å². The molecule has 0 saturated heterocycles. The highest BCUT2D eigenvalue weighted by Crippen LogP contribution is 2.20. The summed E-state index contributed by atoms with van der Waals surface area (Å²) in [5, 5.41) is 12.3. The topological polar surface area (TPSA) is 88.4 Å². The Morgan fingerprint density at radius 2 is 1.65 bits per heavy atom. The van der Waals surface area contributed by atoms with Gasteiger partial charge >= 0.3 is 5.97 Å². The lowest BCUT2D eigenvalue weighted by atomic mass is 10.1. The summed E-state index contributed by atoms with van der Waals surface area (Å²) in [5.41, 5.74) is 3.78. The number of benzene rings is 3. The molecule has 0 heterocycles. The van der Waals surface area contributed by atoms with Crippen molar-refractivity contribution in [3.05, 3.63) is 94.6 Å². The number of aryl methyl sites for hydroxylation is 2. The molecule has 0 aliphatic heterocycles. The van der Waals surface area contributed by atoms with E-state index in [-0.39, 0.29) is 17.2 Å². The first kappa shape index (κ1) is 24.3. The predicted molar refractivity (Wildman–Crippen MR) is 132 cm³/mol. The van der Waals surface area contributed by atoms with Gasteiger partial charge in [-0.2, -0.15) is 5.26 Å². The van der Waals surface area contributed by atoms with Gasteiger partial charge in [-0.05, 0) is 79.9 Å². The summed E-state index contributed by atoms with van der Waals surface area (Å²) in [4.78, 5) is 25.0. The zero-order chi connectivity index (χ0) is 24.5. The van der Waals surface area contributed by atoms with Gasteiger partial charge in [0.2, 0.25) is 0 Å². The molecule has 1 N–H and O–H groups in total. The first-order valence-electron chi connectivity index (χ1n) is 10.9. The van der Waals surface area contributed by atoms with Crippen molar-refractivity contribution < 1.29 is 19.1 Å². The molecule has 0 bridgehead atoms. The SMILES string of the molecule is CCCOc1ccc(/C=C(\C#N)C(=O)Oc2ccc(C(=O)Nc3ccc(C)cc3C)cc2)cc1. The molecule has 0 saturated carbocycles. The minimum absolute atomic E-state index is 0.140. The van der Waals surface area contributed by atoms with E-state index < -0.39 is 5.97 Å². The Morgan fingerprint density at radius 3 is 2.26 bits per heavy atom. The smallest absolute Gasteiger partial charge is 0.354 e. The van der Waals surface area contributed by atoms with Gasteiger partial charge in [0.1, 0.15) is 23.1 Å². The van der Waals surface area contributed by atoms with E-state index in [0.29, 0.717) is 17.7 Å². The Labute approximate surface area is 199 Å². The average Bonchev–Trinajstić information content (AvgIpc) is 2.84. The monoisotopic (exact) mass is 454 g/mol. The zero-order valence-corrected chi connectivity index (χ0v) is 19.4. The molecule has 0 atom stereocenters. The van der Waals surface area contributed by atoms with Crippen LogP contribution in [-0.4, -0.2) is 18.5 Å². The fourth-order valence-corrected chi connectivity index (χ4v) is 3.17. The molecule has 0 radical (unpaired) electrons. The summed E-state index contributed by atoms with van der Waals surface area (Å²) in [6, 6.07) is 20.9. The highest BCUT2D eigenvalue weighted by Gasteiger charge is 2.13. The van der Waals surface area contributed by atoms with Crippen molar-refractivity contribution in [3.63, 3.8) is 0 Å². The van der Waals surface area contributed by atoms with E-state index in [1.54, 1.807) is 36.4 Å². The first-order chi connectivity index (χ1) is 16.4. The number of esters is 1. The van der Waals surface area contributed by atoms with Crippen LogP contribution in [0.3, 0.4) is 0 Å². The first-order valence-corrected chi connectivity index (χ1v) is 10.9. The van der Waals surface area contributed by atoms with E-state index in [4.69, 9.17) is 9.47 Å². The number of carbonyl (C=O) groups excluding carboxylic acids is 2. The van der Waals surface area contributed by atoms with Crippen LogP contribution in [0.15, 0.2) is 72.3 Å². The molecule has 0 aromatic heterocycles. The Hall–Kier alpha value is -4.37. The molecule has 0 fully saturated rings. The molecule has 0 aliphatic carbocycles. The maximum absolute atomic E-state index is 12.5. The van der Waals surface area contributed by atoms with Gasteiger partial charge < -0.3 is 14.8 Å². The normalized spacial score (nSPS) is 10.8. The van der Waals surface area contributed by atoms with Crippen LogP contribution in [0, 0.1) is 25.2 Å². The predicted octanol–water partition coefficient (Wildman–Crippen LogP) is 5.86. The van der Waals surface area contributed by atoms with Gasteiger partial charge in [-0.1, -0.05) is 36.8 Å². The third kappa shape index (κ3) is 6.57. The third-order valence-corrected chi connectivity index (χ3v) is 4.96. The van der Waals surface area contributed by atoms with Crippen molar-refractivity contribution in [2.45, 2.75) is 27.2 Å². The van der Waals surface area contributed by atoms with Crippen molar-refractivity contribution in [2.24, 2.45) is 0 Å². The van der Waals surface area contributed by atoms with Gasteiger partial charge in [-0.25, -0.2) is 4.79 Å². The summed E-state index contributed by atoms with van der Waals surface area (Å²) < 4.78 is 10.8. The van der Waals surface area contributed by atoms with E-state index in [1.807, 2.05) is 45.0 Å². The van der Waals surface area contributed by atoms with Gasteiger partial charge in [0.05, 0.1) is 6.61 Å². The molecular weight excluding hydrogens is 428 g/mol. The molecule has 0 unspecified atom stereocenters. The third-order valence-electron chi connectivity index (χ3n) is 4.96. The molecule has 3 aromatic rings. The van der Waals surface area contributed by atoms with E-state index >= 15 is 0 Å². The van der Waals surface area contributed by atoms with Crippen LogP contribution in [0.1, 0.15) is 40.4 Å². The van der Waals surface area contributed by atoms with Crippen molar-refractivity contribution in [1.29, 1.82) is 5.26 Å². The lowest BCUT2D eigenvalue weighted by Gasteiger charge is -2.10. The molecule has 0 spiro atoms. The standard InChI is InChI=1S/C28H26N2O4/c1-4-15-33-24-10-6-21(7-11-24)17-23(18-29)28(32)34-25-12-8-22(9-13-25)27(31)30-26-14-5-19(2)16-20(26)3/h5-14,16-17H,4,15H2,1-3H3,(H,30,31)/b23-17+. The van der Waals surface area contributed by atoms with E-state index in [9.17, 15) is 14.9 Å². The van der Waals surface area contributed by atoms with Crippen LogP contribution in [-0.2, 0) is 4.79 Å². The van der Waals surface area contributed by atoms with Gasteiger partial charge in [-0.15, -0.1) is 0 Å². The lowest BCUT2D eigenvalue weighted by molar-refractivity contribution is -0.129. The maximum atomic E-state index is 12.5. The average molecular weight is 455 g/mol. The largest absolute Gasteiger partial charge is 0.494 e. The van der Waals surface area contributed by atoms with Crippen molar-refractivity contribution in [3.8, 4) is 17.6 Å². The molecule has 6 heteroatoms. The lowest BCUT2D eigenvalue weighted by Crippen LogP contribution is -2.13. The van der Waals surface area contributed by atoms with Crippen LogP contribution < -0.4 is 14.8 Å². The second-order valence-electron chi connectivity index (χ2n) is 7.77. The second kappa shape index (κ2) is 11.5. The molecule has 3 aromatic carbocycles. The highest BCUT2D eigenvalue weighted by molar-refractivity contribution is 6.05. The van der Waals surface area contributed by atoms with Crippen molar-refractivity contribution in [2.75, 3.05) is 11.9 Å². The fourth-order valence-electron chi connectivity index (χ4n) is 3.17. The molecule has 3 rings (SSSR count). The zero-order valence-electron chi connectivity index (χ0n) is 19.4. The summed E-state index contributed by atoms with van der Waals surface area (Å²) >= 11 is 0. The van der Waals surface area contributed by atoms with Crippen LogP contribution in [0.4, 0.5) is 5.69 Å². The van der Waals surface area contributed by atoms with E-state index in [2.05, 4.69) is 5.32 Å². The number of rotatable bonds is 8. The summed E-state index contributed by atoms with van der Waals surface area (Å²) in [7, 11) is 0. The number of nitriles is 1. The number of nitrogens with zero attached hydrogens (tertiary/aromatic N) is 1. The number of nitrogens with one attached hydrogen (secondary N) is 1. The number of amides is 1. The molecule has 1 amide bonds. The number of ether oxygens (including phenoxy) is 2. The van der Waals surface area contributed by atoms with E-state index in [0.717, 1.165) is 29.0 Å². The van der Waals surface area contributed by atoms with Crippen LogP contribution >= 0.6 is 0 Å².